The largest absolute Gasteiger partial charge is 0.307 e. The van der Waals surface area contributed by atoms with Gasteiger partial charge >= 0.3 is 0 Å². The van der Waals surface area contributed by atoms with E-state index in [-0.39, 0.29) is 0 Å². The summed E-state index contributed by atoms with van der Waals surface area (Å²) in [5, 5.41) is 9.56. The summed E-state index contributed by atoms with van der Waals surface area (Å²) in [4.78, 5) is 0. The van der Waals surface area contributed by atoms with Crippen LogP contribution in [-0.4, -0.2) is 15.0 Å². The van der Waals surface area contributed by atoms with Crippen molar-refractivity contribution in [2.24, 2.45) is 7.05 Å². The van der Waals surface area contributed by atoms with E-state index in [0.717, 1.165) is 10.6 Å². The predicted octanol–water partition coefficient (Wildman–Crippen LogP) is 1.45. The predicted molar refractivity (Wildman–Crippen MR) is 80.4 cm³/mol. The van der Waals surface area contributed by atoms with Gasteiger partial charge in [0, 0.05) is 17.7 Å². The topological polar surface area (TPSA) is 47.8 Å². The molecule has 1 heterocycles. The number of nitrogens with zero attached hydrogens (tertiary/aromatic N) is 3. The smallest absolute Gasteiger partial charge is 0.191 e. The van der Waals surface area contributed by atoms with Gasteiger partial charge in [0.1, 0.15) is 0 Å². The number of aryl methyl sites for hydroxylation is 1. The number of hydrogen-bond acceptors (Lipinski definition) is 3. The van der Waals surface area contributed by atoms with E-state index in [1.165, 1.54) is 0 Å². The minimum absolute atomic E-state index is 0.511. The Morgan fingerprint density at radius 3 is 1.80 bits per heavy atom. The normalized spacial score (nSPS) is 11.4. The van der Waals surface area contributed by atoms with Gasteiger partial charge in [-0.15, -0.1) is 5.10 Å². The van der Waals surface area contributed by atoms with Crippen LogP contribution < -0.4 is 16.0 Å². The maximum Gasteiger partial charge on any atom is 0.191 e. The number of rotatable bonds is 3. The highest BCUT2D eigenvalue weighted by Gasteiger charge is 2.32. The Morgan fingerprint density at radius 1 is 0.900 bits per heavy atom. The van der Waals surface area contributed by atoms with Crippen molar-refractivity contribution in [3.05, 3.63) is 66.9 Å². The van der Waals surface area contributed by atoms with Crippen LogP contribution in [0.1, 0.15) is 0 Å². The lowest BCUT2D eigenvalue weighted by molar-refractivity contribution is 0.592. The van der Waals surface area contributed by atoms with Crippen LogP contribution in [0.25, 0.3) is 0 Å². The van der Waals surface area contributed by atoms with Crippen LogP contribution in [-0.2, 0) is 11.6 Å². The summed E-state index contributed by atoms with van der Waals surface area (Å²) in [6.07, 6.45) is 1.72. The Hall–Kier alpha value is -2.19. The molecular formula is C15H14N3OP. The van der Waals surface area contributed by atoms with Crippen molar-refractivity contribution in [1.82, 2.24) is 15.0 Å². The van der Waals surface area contributed by atoms with Crippen LogP contribution in [0.2, 0.25) is 0 Å². The minimum atomic E-state index is -2.95. The average Bonchev–Trinajstić information content (AvgIpc) is 2.95. The molecule has 2 aromatic carbocycles. The van der Waals surface area contributed by atoms with E-state index in [2.05, 4.69) is 10.3 Å². The SMILES string of the molecule is Cn1cc(P(=O)(c2ccccc2)c2ccccc2)nn1. The lowest BCUT2D eigenvalue weighted by atomic mass is 10.4. The Balaban J connectivity index is 2.26. The fraction of sp³-hybridized carbons (Fsp3) is 0.0667. The first-order chi connectivity index (χ1) is 9.71. The van der Waals surface area contributed by atoms with E-state index in [1.807, 2.05) is 60.7 Å². The summed E-state index contributed by atoms with van der Waals surface area (Å²) in [6, 6.07) is 18.9. The highest BCUT2D eigenvalue weighted by molar-refractivity contribution is 7.85. The molecule has 100 valence electrons. The van der Waals surface area contributed by atoms with Crippen molar-refractivity contribution in [2.45, 2.75) is 0 Å². The molecule has 0 aliphatic heterocycles. The van der Waals surface area contributed by atoms with Gasteiger partial charge in [-0.2, -0.15) is 0 Å². The molecule has 3 rings (SSSR count). The zero-order valence-electron chi connectivity index (χ0n) is 11.0. The summed E-state index contributed by atoms with van der Waals surface area (Å²) in [5.41, 5.74) is 0.511. The third kappa shape index (κ3) is 2.08. The second-order valence-electron chi connectivity index (χ2n) is 4.53. The Kier molecular flexibility index (Phi) is 3.25. The van der Waals surface area contributed by atoms with Gasteiger partial charge in [-0.25, -0.2) is 0 Å². The second-order valence-corrected chi connectivity index (χ2v) is 7.24. The summed E-state index contributed by atoms with van der Waals surface area (Å²) >= 11 is 0. The van der Waals surface area contributed by atoms with E-state index in [9.17, 15) is 4.57 Å². The second kappa shape index (κ2) is 5.06. The Bertz CT molecular complexity index is 710. The number of hydrogen-bond donors (Lipinski definition) is 0. The van der Waals surface area contributed by atoms with E-state index in [0.29, 0.717) is 5.44 Å². The fourth-order valence-corrected chi connectivity index (χ4v) is 4.68. The molecule has 0 N–H and O–H groups in total. The van der Waals surface area contributed by atoms with E-state index >= 15 is 0 Å². The van der Waals surface area contributed by atoms with Crippen molar-refractivity contribution in [3.63, 3.8) is 0 Å². The minimum Gasteiger partial charge on any atom is -0.307 e. The molecule has 0 spiro atoms. The van der Waals surface area contributed by atoms with Crippen LogP contribution in [0.15, 0.2) is 66.9 Å². The molecule has 0 amide bonds. The Morgan fingerprint density at radius 2 is 1.40 bits per heavy atom. The van der Waals surface area contributed by atoms with Gasteiger partial charge in [-0.1, -0.05) is 65.9 Å². The third-order valence-electron chi connectivity index (χ3n) is 3.15. The van der Waals surface area contributed by atoms with Crippen molar-refractivity contribution in [3.8, 4) is 0 Å². The number of aromatic nitrogens is 3. The molecule has 0 atom stereocenters. The highest BCUT2D eigenvalue weighted by atomic mass is 31.2. The first-order valence-corrected chi connectivity index (χ1v) is 8.00. The molecule has 20 heavy (non-hydrogen) atoms. The summed E-state index contributed by atoms with van der Waals surface area (Å²) in [5.74, 6) is 0. The van der Waals surface area contributed by atoms with Crippen LogP contribution >= 0.6 is 7.14 Å². The molecule has 4 nitrogen and oxygen atoms in total. The van der Waals surface area contributed by atoms with Gasteiger partial charge in [0.05, 0.1) is 6.20 Å². The molecule has 0 bridgehead atoms. The van der Waals surface area contributed by atoms with Crippen molar-refractivity contribution in [1.29, 1.82) is 0 Å². The molecule has 3 aromatic rings. The van der Waals surface area contributed by atoms with Crippen molar-refractivity contribution in [2.75, 3.05) is 0 Å². The third-order valence-corrected chi connectivity index (χ3v) is 6.05. The zero-order chi connectivity index (χ0) is 14.0. The van der Waals surface area contributed by atoms with Crippen LogP contribution in [0.3, 0.4) is 0 Å². The molecule has 0 unspecified atom stereocenters. The van der Waals surface area contributed by atoms with Gasteiger partial charge in [-0.3, -0.25) is 4.68 Å². The zero-order valence-corrected chi connectivity index (χ0v) is 11.9. The molecule has 0 fully saturated rings. The lowest BCUT2D eigenvalue weighted by Crippen LogP contribution is -2.25. The molecule has 0 radical (unpaired) electrons. The molecule has 1 aromatic heterocycles. The van der Waals surface area contributed by atoms with Gasteiger partial charge in [-0.05, 0) is 0 Å². The fourth-order valence-electron chi connectivity index (χ4n) is 2.17. The van der Waals surface area contributed by atoms with Crippen LogP contribution in [0.4, 0.5) is 0 Å². The highest BCUT2D eigenvalue weighted by Crippen LogP contribution is 2.41. The van der Waals surface area contributed by atoms with E-state index < -0.39 is 7.14 Å². The Labute approximate surface area is 117 Å². The molecule has 0 saturated heterocycles. The monoisotopic (exact) mass is 283 g/mol. The maximum absolute atomic E-state index is 13.7. The van der Waals surface area contributed by atoms with E-state index in [4.69, 9.17) is 0 Å². The average molecular weight is 283 g/mol. The summed E-state index contributed by atoms with van der Waals surface area (Å²) in [7, 11) is -1.18. The first-order valence-electron chi connectivity index (χ1n) is 6.29. The van der Waals surface area contributed by atoms with Gasteiger partial charge < -0.3 is 4.57 Å². The van der Waals surface area contributed by atoms with Gasteiger partial charge in [0.25, 0.3) is 0 Å². The van der Waals surface area contributed by atoms with Crippen molar-refractivity contribution >= 4 is 23.2 Å². The summed E-state index contributed by atoms with van der Waals surface area (Å²) in [6.45, 7) is 0. The van der Waals surface area contributed by atoms with Crippen LogP contribution in [0, 0.1) is 0 Å². The van der Waals surface area contributed by atoms with Crippen molar-refractivity contribution < 1.29 is 4.57 Å². The molecule has 0 aliphatic carbocycles. The number of benzene rings is 2. The molecule has 0 saturated carbocycles. The van der Waals surface area contributed by atoms with Gasteiger partial charge in [0.15, 0.2) is 12.6 Å². The maximum atomic E-state index is 13.7. The van der Waals surface area contributed by atoms with Crippen LogP contribution in [0.5, 0.6) is 0 Å². The molecule has 0 aliphatic rings. The molecular weight excluding hydrogens is 269 g/mol. The standard InChI is InChI=1S/C15H14N3OP/c1-18-12-15(16-17-18)20(19,13-8-4-2-5-9-13)14-10-6-3-7-11-14/h2-12H,1H3. The summed E-state index contributed by atoms with van der Waals surface area (Å²) < 4.78 is 15.3. The van der Waals surface area contributed by atoms with Gasteiger partial charge in [0.2, 0.25) is 0 Å². The first kappa shape index (κ1) is 12.8. The quantitative estimate of drug-likeness (QED) is 0.684. The molecule has 5 heteroatoms. The lowest BCUT2D eigenvalue weighted by Gasteiger charge is -2.16. The van der Waals surface area contributed by atoms with E-state index in [1.54, 1.807) is 17.9 Å².